The fraction of sp³-hybridized carbons (Fsp3) is 1.00. The summed E-state index contributed by atoms with van der Waals surface area (Å²) in [6.07, 6.45) is 7.21. The van der Waals surface area contributed by atoms with Gasteiger partial charge in [0.15, 0.2) is 0 Å². The number of rotatable bonds is 8. The van der Waals surface area contributed by atoms with Crippen molar-refractivity contribution in [3.05, 3.63) is 0 Å². The summed E-state index contributed by atoms with van der Waals surface area (Å²) in [6, 6.07) is 0.810. The number of likely N-dealkylation sites (tertiary alicyclic amines) is 1. The van der Waals surface area contributed by atoms with Crippen LogP contribution >= 0.6 is 0 Å². The highest BCUT2D eigenvalue weighted by molar-refractivity contribution is 4.83. The van der Waals surface area contributed by atoms with Crippen molar-refractivity contribution >= 4 is 0 Å². The average Bonchev–Trinajstić information content (AvgIpc) is 3.08. The lowest BCUT2D eigenvalue weighted by molar-refractivity contribution is 0.211. The zero-order valence-electron chi connectivity index (χ0n) is 13.0. The molecule has 3 nitrogen and oxygen atoms in total. The minimum absolute atomic E-state index is 0.810. The van der Waals surface area contributed by atoms with Gasteiger partial charge in [-0.15, -0.1) is 0 Å². The third-order valence-corrected chi connectivity index (χ3v) is 5.09. The Labute approximate surface area is 119 Å². The molecular weight excluding hydrogens is 234 g/mol. The number of nitrogens with one attached hydrogen (secondary N) is 1. The van der Waals surface area contributed by atoms with Gasteiger partial charge in [0.05, 0.1) is 0 Å². The fourth-order valence-electron chi connectivity index (χ4n) is 3.81. The molecule has 1 aliphatic heterocycles. The van der Waals surface area contributed by atoms with Crippen molar-refractivity contribution in [1.82, 2.24) is 15.1 Å². The molecule has 0 aromatic carbocycles. The Balaban J connectivity index is 1.54. The van der Waals surface area contributed by atoms with Gasteiger partial charge >= 0.3 is 0 Å². The van der Waals surface area contributed by atoms with Crippen LogP contribution in [-0.4, -0.2) is 61.7 Å². The molecule has 0 bridgehead atoms. The van der Waals surface area contributed by atoms with E-state index in [9.17, 15) is 0 Å². The van der Waals surface area contributed by atoms with Crippen molar-refractivity contribution in [2.45, 2.75) is 52.0 Å². The molecule has 112 valence electrons. The molecule has 0 radical (unpaired) electrons. The quantitative estimate of drug-likeness (QED) is 0.680. The van der Waals surface area contributed by atoms with Crippen molar-refractivity contribution < 1.29 is 0 Å². The number of hydrogen-bond acceptors (Lipinski definition) is 3. The lowest BCUT2D eigenvalue weighted by Crippen LogP contribution is -2.38. The lowest BCUT2D eigenvalue weighted by Gasteiger charge is -2.26. The van der Waals surface area contributed by atoms with E-state index in [4.69, 9.17) is 0 Å². The van der Waals surface area contributed by atoms with E-state index >= 15 is 0 Å². The van der Waals surface area contributed by atoms with Crippen molar-refractivity contribution in [2.24, 2.45) is 5.92 Å². The van der Waals surface area contributed by atoms with Gasteiger partial charge in [-0.25, -0.2) is 0 Å². The standard InChI is InChI=1S/C16H33N3/c1-3-19(4-2)16-9-11-18(14-16)12-10-17-13-15-7-5-6-8-15/h15-17H,3-14H2,1-2H3. The minimum atomic E-state index is 0.810. The summed E-state index contributed by atoms with van der Waals surface area (Å²) in [4.78, 5) is 5.26. The van der Waals surface area contributed by atoms with Gasteiger partial charge in [0, 0.05) is 25.7 Å². The molecule has 0 amide bonds. The van der Waals surface area contributed by atoms with Gasteiger partial charge in [-0.3, -0.25) is 4.90 Å². The van der Waals surface area contributed by atoms with Crippen molar-refractivity contribution in [1.29, 1.82) is 0 Å². The van der Waals surface area contributed by atoms with Crippen LogP contribution in [0.3, 0.4) is 0 Å². The number of nitrogens with zero attached hydrogens (tertiary/aromatic N) is 2. The Hall–Kier alpha value is -0.120. The Morgan fingerprint density at radius 3 is 2.53 bits per heavy atom. The Kier molecular flexibility index (Phi) is 6.62. The highest BCUT2D eigenvalue weighted by Gasteiger charge is 2.25. The van der Waals surface area contributed by atoms with E-state index < -0.39 is 0 Å². The third kappa shape index (κ3) is 4.73. The van der Waals surface area contributed by atoms with E-state index in [1.54, 1.807) is 0 Å². The molecule has 1 aliphatic carbocycles. The monoisotopic (exact) mass is 267 g/mol. The van der Waals surface area contributed by atoms with Gasteiger partial charge in [-0.1, -0.05) is 26.7 Å². The zero-order valence-corrected chi connectivity index (χ0v) is 13.0. The second-order valence-electron chi connectivity index (χ2n) is 6.32. The molecule has 3 heteroatoms. The molecule has 0 aromatic heterocycles. The van der Waals surface area contributed by atoms with Gasteiger partial charge in [0.25, 0.3) is 0 Å². The summed E-state index contributed by atoms with van der Waals surface area (Å²) in [5.41, 5.74) is 0. The minimum Gasteiger partial charge on any atom is -0.315 e. The SMILES string of the molecule is CCN(CC)C1CCN(CCNCC2CCCC2)C1. The first kappa shape index (κ1) is 15.3. The van der Waals surface area contributed by atoms with Crippen molar-refractivity contribution in [3.8, 4) is 0 Å². The molecule has 0 aromatic rings. The van der Waals surface area contributed by atoms with Crippen LogP contribution in [0.15, 0.2) is 0 Å². The normalized spacial score (nSPS) is 25.7. The lowest BCUT2D eigenvalue weighted by atomic mass is 10.1. The molecular formula is C16H33N3. The smallest absolute Gasteiger partial charge is 0.0235 e. The van der Waals surface area contributed by atoms with Gasteiger partial charge in [-0.2, -0.15) is 0 Å². The Morgan fingerprint density at radius 1 is 1.11 bits per heavy atom. The third-order valence-electron chi connectivity index (χ3n) is 5.09. The predicted molar refractivity (Wildman–Crippen MR) is 82.6 cm³/mol. The van der Waals surface area contributed by atoms with E-state index in [-0.39, 0.29) is 0 Å². The summed E-state index contributed by atoms with van der Waals surface area (Å²) in [5, 5.41) is 3.67. The molecule has 1 atom stereocenters. The van der Waals surface area contributed by atoms with Gasteiger partial charge in [0.2, 0.25) is 0 Å². The summed E-state index contributed by atoms with van der Waals surface area (Å²) in [6.45, 7) is 13.2. The highest BCUT2D eigenvalue weighted by Crippen LogP contribution is 2.23. The van der Waals surface area contributed by atoms with Crippen LogP contribution in [-0.2, 0) is 0 Å². The molecule has 2 rings (SSSR count). The summed E-state index contributed by atoms with van der Waals surface area (Å²) < 4.78 is 0. The van der Waals surface area contributed by atoms with Crippen LogP contribution in [0.2, 0.25) is 0 Å². The topological polar surface area (TPSA) is 18.5 Å². The molecule has 19 heavy (non-hydrogen) atoms. The van der Waals surface area contributed by atoms with Gasteiger partial charge in [0.1, 0.15) is 0 Å². The summed E-state index contributed by atoms with van der Waals surface area (Å²) in [7, 11) is 0. The Bertz CT molecular complexity index is 234. The van der Waals surface area contributed by atoms with E-state index in [1.807, 2.05) is 0 Å². The molecule has 2 fully saturated rings. The Morgan fingerprint density at radius 2 is 1.84 bits per heavy atom. The maximum atomic E-state index is 3.67. The summed E-state index contributed by atoms with van der Waals surface area (Å²) in [5.74, 6) is 0.974. The van der Waals surface area contributed by atoms with Crippen LogP contribution < -0.4 is 5.32 Å². The number of likely N-dealkylation sites (N-methyl/N-ethyl adjacent to an activating group) is 1. The fourth-order valence-corrected chi connectivity index (χ4v) is 3.81. The van der Waals surface area contributed by atoms with E-state index in [0.717, 1.165) is 12.0 Å². The molecule has 1 saturated heterocycles. The largest absolute Gasteiger partial charge is 0.315 e. The second-order valence-corrected chi connectivity index (χ2v) is 6.32. The van der Waals surface area contributed by atoms with E-state index in [1.165, 1.54) is 77.9 Å². The first-order valence-corrected chi connectivity index (χ1v) is 8.50. The van der Waals surface area contributed by atoms with Crippen molar-refractivity contribution in [2.75, 3.05) is 45.8 Å². The van der Waals surface area contributed by atoms with Crippen LogP contribution in [0.5, 0.6) is 0 Å². The molecule has 2 aliphatic rings. The number of hydrogen-bond donors (Lipinski definition) is 1. The van der Waals surface area contributed by atoms with Crippen LogP contribution in [0, 0.1) is 5.92 Å². The molecule has 1 N–H and O–H groups in total. The van der Waals surface area contributed by atoms with Crippen LogP contribution in [0.25, 0.3) is 0 Å². The molecule has 0 spiro atoms. The predicted octanol–water partition coefficient (Wildman–Crippen LogP) is 2.18. The molecule has 1 heterocycles. The zero-order chi connectivity index (χ0) is 13.5. The second kappa shape index (κ2) is 8.23. The summed E-state index contributed by atoms with van der Waals surface area (Å²) >= 11 is 0. The average molecular weight is 267 g/mol. The maximum Gasteiger partial charge on any atom is 0.0235 e. The van der Waals surface area contributed by atoms with Gasteiger partial charge < -0.3 is 10.2 Å². The maximum absolute atomic E-state index is 3.67. The van der Waals surface area contributed by atoms with Gasteiger partial charge in [-0.05, 0) is 51.4 Å². The molecule has 1 unspecified atom stereocenters. The van der Waals surface area contributed by atoms with Crippen LogP contribution in [0.4, 0.5) is 0 Å². The molecule has 1 saturated carbocycles. The van der Waals surface area contributed by atoms with E-state index in [0.29, 0.717) is 0 Å². The van der Waals surface area contributed by atoms with E-state index in [2.05, 4.69) is 29.0 Å². The van der Waals surface area contributed by atoms with Crippen molar-refractivity contribution in [3.63, 3.8) is 0 Å². The first-order valence-electron chi connectivity index (χ1n) is 8.50. The first-order chi connectivity index (χ1) is 9.33. The highest BCUT2D eigenvalue weighted by atomic mass is 15.3. The van der Waals surface area contributed by atoms with Crippen LogP contribution in [0.1, 0.15) is 46.0 Å².